The van der Waals surface area contributed by atoms with E-state index in [0.29, 0.717) is 16.5 Å². The van der Waals surface area contributed by atoms with Gasteiger partial charge in [0.2, 0.25) is 0 Å². The Labute approximate surface area is 111 Å². The number of carbonyl (C=O) groups excluding carboxylic acids is 1. The molecular formula is C14H18BrFO. The highest BCUT2D eigenvalue weighted by molar-refractivity contribution is 9.10. The second-order valence-electron chi connectivity index (χ2n) is 4.21. The Morgan fingerprint density at radius 3 is 2.65 bits per heavy atom. The highest BCUT2D eigenvalue weighted by Gasteiger charge is 2.10. The van der Waals surface area contributed by atoms with Gasteiger partial charge in [0, 0.05) is 16.5 Å². The standard InChI is InChI=1S/C14H18BrFO/c1-2-3-4-5-6-7-14(17)12-10-11(16)8-9-13(12)15/h8-10H,2-7H2,1H3. The zero-order valence-corrected chi connectivity index (χ0v) is 11.7. The number of hydrogen-bond donors (Lipinski definition) is 0. The van der Waals surface area contributed by atoms with Crippen LogP contribution in [-0.4, -0.2) is 5.78 Å². The Hall–Kier alpha value is -0.700. The van der Waals surface area contributed by atoms with E-state index >= 15 is 0 Å². The van der Waals surface area contributed by atoms with Gasteiger partial charge in [0.05, 0.1) is 0 Å². The summed E-state index contributed by atoms with van der Waals surface area (Å²) in [7, 11) is 0. The van der Waals surface area contributed by atoms with Crippen LogP contribution in [0.25, 0.3) is 0 Å². The van der Waals surface area contributed by atoms with Gasteiger partial charge in [-0.1, -0.05) is 48.5 Å². The molecule has 0 aliphatic rings. The highest BCUT2D eigenvalue weighted by atomic mass is 79.9. The number of halogens is 2. The summed E-state index contributed by atoms with van der Waals surface area (Å²) in [5, 5.41) is 0. The first kappa shape index (κ1) is 14.4. The number of unbranched alkanes of at least 4 members (excludes halogenated alkanes) is 4. The van der Waals surface area contributed by atoms with Gasteiger partial charge in [-0.15, -0.1) is 0 Å². The first-order valence-electron chi connectivity index (χ1n) is 6.13. The molecule has 0 bridgehead atoms. The van der Waals surface area contributed by atoms with E-state index in [1.54, 1.807) is 6.07 Å². The average Bonchev–Trinajstić information content (AvgIpc) is 2.32. The van der Waals surface area contributed by atoms with Crippen LogP contribution in [0.15, 0.2) is 22.7 Å². The van der Waals surface area contributed by atoms with Gasteiger partial charge in [-0.3, -0.25) is 4.79 Å². The highest BCUT2D eigenvalue weighted by Crippen LogP contribution is 2.20. The van der Waals surface area contributed by atoms with Crippen LogP contribution >= 0.6 is 15.9 Å². The lowest BCUT2D eigenvalue weighted by Gasteiger charge is -2.04. The van der Waals surface area contributed by atoms with Crippen molar-refractivity contribution in [3.63, 3.8) is 0 Å². The van der Waals surface area contributed by atoms with E-state index in [4.69, 9.17) is 0 Å². The maximum absolute atomic E-state index is 13.0. The molecule has 0 aromatic heterocycles. The van der Waals surface area contributed by atoms with Gasteiger partial charge in [-0.05, 0) is 24.6 Å². The molecule has 1 nitrogen and oxygen atoms in total. The number of carbonyl (C=O) groups is 1. The van der Waals surface area contributed by atoms with Gasteiger partial charge >= 0.3 is 0 Å². The molecular weight excluding hydrogens is 283 g/mol. The van der Waals surface area contributed by atoms with Crippen LogP contribution in [0.2, 0.25) is 0 Å². The first-order chi connectivity index (χ1) is 8.15. The Bertz CT molecular complexity index is 376. The summed E-state index contributed by atoms with van der Waals surface area (Å²) >= 11 is 3.28. The summed E-state index contributed by atoms with van der Waals surface area (Å²) in [6.07, 6.45) is 6.06. The Balaban J connectivity index is 2.44. The molecule has 1 aromatic carbocycles. The molecule has 0 heterocycles. The fourth-order valence-electron chi connectivity index (χ4n) is 1.73. The van der Waals surface area contributed by atoms with Crippen molar-refractivity contribution in [1.82, 2.24) is 0 Å². The fraction of sp³-hybridized carbons (Fsp3) is 0.500. The van der Waals surface area contributed by atoms with E-state index in [9.17, 15) is 9.18 Å². The maximum Gasteiger partial charge on any atom is 0.164 e. The van der Waals surface area contributed by atoms with Gasteiger partial charge in [0.1, 0.15) is 5.82 Å². The van der Waals surface area contributed by atoms with Gasteiger partial charge < -0.3 is 0 Å². The summed E-state index contributed by atoms with van der Waals surface area (Å²) in [5.74, 6) is -0.338. The number of Topliss-reactive ketones (excluding diaryl/α,β-unsaturated/α-hetero) is 1. The third-order valence-electron chi connectivity index (χ3n) is 2.74. The van der Waals surface area contributed by atoms with Crippen LogP contribution in [0, 0.1) is 5.82 Å². The molecule has 0 unspecified atom stereocenters. The Morgan fingerprint density at radius 1 is 1.24 bits per heavy atom. The summed E-state index contributed by atoms with van der Waals surface area (Å²) < 4.78 is 13.7. The van der Waals surface area contributed by atoms with Crippen molar-refractivity contribution >= 4 is 21.7 Å². The molecule has 94 valence electrons. The topological polar surface area (TPSA) is 17.1 Å². The van der Waals surface area contributed by atoms with E-state index in [-0.39, 0.29) is 11.6 Å². The molecule has 17 heavy (non-hydrogen) atoms. The summed E-state index contributed by atoms with van der Waals surface area (Å²) in [4.78, 5) is 11.9. The van der Waals surface area contributed by atoms with Crippen molar-refractivity contribution < 1.29 is 9.18 Å². The minimum absolute atomic E-state index is 0.0212. The second-order valence-corrected chi connectivity index (χ2v) is 5.07. The largest absolute Gasteiger partial charge is 0.294 e. The monoisotopic (exact) mass is 300 g/mol. The lowest BCUT2D eigenvalue weighted by molar-refractivity contribution is 0.0978. The molecule has 0 atom stereocenters. The number of rotatable bonds is 7. The van der Waals surface area contributed by atoms with Crippen molar-refractivity contribution in [2.24, 2.45) is 0 Å². The minimum Gasteiger partial charge on any atom is -0.294 e. The fourth-order valence-corrected chi connectivity index (χ4v) is 2.20. The number of ketones is 1. The Morgan fingerprint density at radius 2 is 1.94 bits per heavy atom. The molecule has 0 aliphatic carbocycles. The molecule has 0 saturated carbocycles. The lowest BCUT2D eigenvalue weighted by Crippen LogP contribution is -2.01. The van der Waals surface area contributed by atoms with E-state index in [1.807, 2.05) is 0 Å². The molecule has 1 aromatic rings. The first-order valence-corrected chi connectivity index (χ1v) is 6.92. The number of hydrogen-bond acceptors (Lipinski definition) is 1. The predicted molar refractivity (Wildman–Crippen MR) is 71.8 cm³/mol. The molecule has 0 radical (unpaired) electrons. The molecule has 0 N–H and O–H groups in total. The van der Waals surface area contributed by atoms with Gasteiger partial charge in [0.25, 0.3) is 0 Å². The van der Waals surface area contributed by atoms with Crippen LogP contribution in [0.1, 0.15) is 55.8 Å². The van der Waals surface area contributed by atoms with Gasteiger partial charge in [0.15, 0.2) is 5.78 Å². The normalized spacial score (nSPS) is 10.5. The van der Waals surface area contributed by atoms with Crippen LogP contribution < -0.4 is 0 Å². The van der Waals surface area contributed by atoms with Crippen LogP contribution in [-0.2, 0) is 0 Å². The van der Waals surface area contributed by atoms with Crippen molar-refractivity contribution in [2.45, 2.75) is 45.4 Å². The third-order valence-corrected chi connectivity index (χ3v) is 3.43. The van der Waals surface area contributed by atoms with Crippen molar-refractivity contribution in [3.8, 4) is 0 Å². The molecule has 3 heteroatoms. The van der Waals surface area contributed by atoms with E-state index in [1.165, 1.54) is 31.4 Å². The van der Waals surface area contributed by atoms with Crippen LogP contribution in [0.3, 0.4) is 0 Å². The predicted octanol–water partition coefficient (Wildman–Crippen LogP) is 5.13. The SMILES string of the molecule is CCCCCCCC(=O)c1cc(F)ccc1Br. The van der Waals surface area contributed by atoms with Crippen molar-refractivity contribution in [2.75, 3.05) is 0 Å². The lowest BCUT2D eigenvalue weighted by atomic mass is 10.0. The average molecular weight is 301 g/mol. The summed E-state index contributed by atoms with van der Waals surface area (Å²) in [5.41, 5.74) is 0.459. The molecule has 0 aliphatic heterocycles. The zero-order chi connectivity index (χ0) is 12.7. The molecule has 0 saturated heterocycles. The molecule has 0 amide bonds. The zero-order valence-electron chi connectivity index (χ0n) is 10.1. The Kier molecular flexibility index (Phi) is 6.41. The number of benzene rings is 1. The summed E-state index contributed by atoms with van der Waals surface area (Å²) in [6.45, 7) is 2.16. The molecule has 1 rings (SSSR count). The summed E-state index contributed by atoms with van der Waals surface area (Å²) in [6, 6.07) is 4.24. The maximum atomic E-state index is 13.0. The van der Waals surface area contributed by atoms with E-state index in [0.717, 1.165) is 12.8 Å². The quantitative estimate of drug-likeness (QED) is 0.504. The smallest absolute Gasteiger partial charge is 0.164 e. The minimum atomic E-state index is -0.359. The molecule has 0 fully saturated rings. The second kappa shape index (κ2) is 7.59. The third kappa shape index (κ3) is 4.99. The van der Waals surface area contributed by atoms with E-state index < -0.39 is 0 Å². The van der Waals surface area contributed by atoms with Gasteiger partial charge in [-0.2, -0.15) is 0 Å². The van der Waals surface area contributed by atoms with Crippen LogP contribution in [0.4, 0.5) is 4.39 Å². The van der Waals surface area contributed by atoms with Crippen LogP contribution in [0.5, 0.6) is 0 Å². The van der Waals surface area contributed by atoms with Gasteiger partial charge in [-0.25, -0.2) is 4.39 Å². The van der Waals surface area contributed by atoms with Crippen molar-refractivity contribution in [3.05, 3.63) is 34.1 Å². The van der Waals surface area contributed by atoms with Crippen molar-refractivity contribution in [1.29, 1.82) is 0 Å². The molecule has 0 spiro atoms. The van der Waals surface area contributed by atoms with E-state index in [2.05, 4.69) is 22.9 Å².